The quantitative estimate of drug-likeness (QED) is 0.173. The molecular weight excluding hydrogens is 741 g/mol. The van der Waals surface area contributed by atoms with Gasteiger partial charge in [-0.1, -0.05) is 6.07 Å². The summed E-state index contributed by atoms with van der Waals surface area (Å²) in [5, 5.41) is 28.7. The summed E-state index contributed by atoms with van der Waals surface area (Å²) in [6, 6.07) is 5.77. The lowest BCUT2D eigenvalue weighted by molar-refractivity contribution is -0.186. The van der Waals surface area contributed by atoms with Crippen molar-refractivity contribution in [2.75, 3.05) is 47.0 Å². The van der Waals surface area contributed by atoms with Crippen LogP contribution >= 0.6 is 11.8 Å². The molecule has 11 rings (SSSR count). The number of methoxy groups -OCH3 is 2. The zero-order chi connectivity index (χ0) is 38.9. The van der Waals surface area contributed by atoms with E-state index in [1.54, 1.807) is 14.2 Å². The maximum atomic E-state index is 14.9. The Balaban J connectivity index is 1.23. The number of aromatic nitrogens is 1. The molecule has 0 amide bonds. The number of rotatable bonds is 3. The fourth-order valence-corrected chi connectivity index (χ4v) is 12.2. The van der Waals surface area contributed by atoms with Crippen molar-refractivity contribution in [1.29, 1.82) is 0 Å². The van der Waals surface area contributed by atoms with Crippen LogP contribution in [0.5, 0.6) is 34.5 Å². The predicted molar refractivity (Wildman–Crippen MR) is 205 cm³/mol. The van der Waals surface area contributed by atoms with E-state index in [9.17, 15) is 19.8 Å². The summed E-state index contributed by atoms with van der Waals surface area (Å²) in [5.41, 5.74) is 5.79. The largest absolute Gasteiger partial charge is 0.504 e. The second-order valence-corrected chi connectivity index (χ2v) is 16.8. The summed E-state index contributed by atoms with van der Waals surface area (Å²) in [6.07, 6.45) is 0.129. The zero-order valence-corrected chi connectivity index (χ0v) is 32.8. The van der Waals surface area contributed by atoms with E-state index in [1.807, 2.05) is 50.1 Å². The van der Waals surface area contributed by atoms with Gasteiger partial charge in [0.1, 0.15) is 24.3 Å². The van der Waals surface area contributed by atoms with Crippen LogP contribution in [0.4, 0.5) is 0 Å². The highest BCUT2D eigenvalue weighted by Crippen LogP contribution is 2.64. The number of carbonyl (C=O) groups is 2. The third-order valence-electron chi connectivity index (χ3n) is 12.9. The van der Waals surface area contributed by atoms with E-state index in [0.717, 1.165) is 44.6 Å². The van der Waals surface area contributed by atoms with Crippen LogP contribution in [0.25, 0.3) is 10.9 Å². The Bertz CT molecular complexity index is 2360. The van der Waals surface area contributed by atoms with Crippen LogP contribution in [0, 0.1) is 13.8 Å². The molecule has 0 radical (unpaired) electrons. The van der Waals surface area contributed by atoms with E-state index >= 15 is 0 Å². The second-order valence-electron chi connectivity index (χ2n) is 15.6. The van der Waals surface area contributed by atoms with Gasteiger partial charge in [-0.25, -0.2) is 4.79 Å². The minimum absolute atomic E-state index is 0.0439. The number of phenols is 1. The van der Waals surface area contributed by atoms with Crippen LogP contribution in [-0.4, -0.2) is 102 Å². The summed E-state index contributed by atoms with van der Waals surface area (Å²) in [5.74, 6) is 1.73. The summed E-state index contributed by atoms with van der Waals surface area (Å²) in [7, 11) is 5.17. The van der Waals surface area contributed by atoms with E-state index in [0.29, 0.717) is 59.1 Å². The number of esters is 2. The lowest BCUT2D eigenvalue weighted by Gasteiger charge is -2.62. The number of aryl methyl sites for hydroxylation is 1. The molecular formula is C41H44N4O10S. The number of aromatic hydroxyl groups is 1. The molecule has 0 saturated carbocycles. The predicted octanol–water partition coefficient (Wildman–Crippen LogP) is 4.19. The van der Waals surface area contributed by atoms with Gasteiger partial charge in [0.15, 0.2) is 28.5 Å². The van der Waals surface area contributed by atoms with Gasteiger partial charge in [0.25, 0.3) is 0 Å². The van der Waals surface area contributed by atoms with E-state index in [1.165, 1.54) is 18.7 Å². The number of phenolic OH excluding ortho intramolecular Hbond substituents is 1. The average molecular weight is 785 g/mol. The highest BCUT2D eigenvalue weighted by atomic mass is 32.2. The Morgan fingerprint density at radius 3 is 2.62 bits per heavy atom. The number of aliphatic hydroxyl groups excluding tert-OH is 1. The van der Waals surface area contributed by atoms with E-state index < -0.39 is 47.1 Å². The number of nitrogens with one attached hydrogen (secondary N) is 2. The number of benzene rings is 3. The normalized spacial score (nSPS) is 28.9. The number of aliphatic hydroxyl groups is 1. The molecule has 3 aromatic carbocycles. The monoisotopic (exact) mass is 784 g/mol. The minimum atomic E-state index is -1.28. The number of carbonyl (C=O) groups excluding carboxylic acids is 2. The highest BCUT2D eigenvalue weighted by Gasteiger charge is 2.61. The molecule has 7 aliphatic heterocycles. The number of H-pyrrole nitrogens is 1. The Hall–Kier alpha value is -4.67. The fraction of sp³-hybridized carbons (Fsp3) is 0.463. The summed E-state index contributed by atoms with van der Waals surface area (Å²) >= 11 is 1.53. The van der Waals surface area contributed by atoms with Crippen LogP contribution in [-0.2, 0) is 32.7 Å². The van der Waals surface area contributed by atoms with Crippen molar-refractivity contribution in [3.8, 4) is 34.5 Å². The number of ether oxygens (including phenoxy) is 6. The Morgan fingerprint density at radius 1 is 1.05 bits per heavy atom. The van der Waals surface area contributed by atoms with Crippen molar-refractivity contribution in [3.63, 3.8) is 0 Å². The summed E-state index contributed by atoms with van der Waals surface area (Å²) in [6.45, 7) is 5.46. The second kappa shape index (κ2) is 12.7. The lowest BCUT2D eigenvalue weighted by atomic mass is 9.73. The molecule has 7 unspecified atom stereocenters. The minimum Gasteiger partial charge on any atom is -0.504 e. The van der Waals surface area contributed by atoms with Crippen molar-refractivity contribution in [2.24, 2.45) is 0 Å². The SMILES string of the molecule is COc1ccc2[nH]c3c(c2c1)CCNC31CSC2c3c(OC(C)=O)c(C)c4c(c3C(COC1=O)N1C(O)C3Cc5cc(C)c(OC)c(O)c5C(C21)N3C)OCO4. The first-order valence-electron chi connectivity index (χ1n) is 18.9. The molecule has 1 aromatic heterocycles. The topological polar surface area (TPSA) is 164 Å². The molecule has 2 fully saturated rings. The van der Waals surface area contributed by atoms with Crippen molar-refractivity contribution in [1.82, 2.24) is 20.1 Å². The number of hydrogen-bond acceptors (Lipinski definition) is 14. The molecule has 0 aliphatic carbocycles. The third kappa shape index (κ3) is 4.71. The Kier molecular flexibility index (Phi) is 8.08. The Morgan fingerprint density at radius 2 is 1.86 bits per heavy atom. The molecule has 4 bridgehead atoms. The van der Waals surface area contributed by atoms with Crippen LogP contribution in [0.1, 0.15) is 68.9 Å². The van der Waals surface area contributed by atoms with Crippen molar-refractivity contribution < 1.29 is 48.2 Å². The standard InChI is InChI=1S/C41H44N4O10S/c1-17-11-20-12-25-39(48)45-26-14-52-40(49)41(38-22(9-10-42-41)23-13-21(50-5)7-8-24(23)43-38)15-56-37(31(45)30(44(25)4)27(20)32(47)33(17)51-6)29-28(26)36-35(53-16-54-36)18(2)34(29)55-19(3)46/h7-8,11,13,25-26,30-31,37,39,42-43,47-48H,9-10,12,14-16H2,1-6H3. The third-order valence-corrected chi connectivity index (χ3v) is 14.4. The van der Waals surface area contributed by atoms with Crippen molar-refractivity contribution in [3.05, 3.63) is 68.9 Å². The van der Waals surface area contributed by atoms with Crippen LogP contribution < -0.4 is 29.0 Å². The molecule has 15 heteroatoms. The van der Waals surface area contributed by atoms with Gasteiger partial charge < -0.3 is 43.6 Å². The molecule has 294 valence electrons. The average Bonchev–Trinajstić information content (AvgIpc) is 3.82. The Labute approximate surface area is 327 Å². The number of nitrogens with zero attached hydrogens (tertiary/aromatic N) is 2. The first-order valence-corrected chi connectivity index (χ1v) is 20.0. The molecule has 4 N–H and O–H groups in total. The van der Waals surface area contributed by atoms with E-state index in [2.05, 4.69) is 15.2 Å². The summed E-state index contributed by atoms with van der Waals surface area (Å²) in [4.78, 5) is 35.6. The van der Waals surface area contributed by atoms with Crippen LogP contribution in [0.2, 0.25) is 0 Å². The number of likely N-dealkylation sites (N-methyl/N-ethyl adjacent to an activating group) is 1. The van der Waals surface area contributed by atoms with Crippen molar-refractivity contribution in [2.45, 2.75) is 74.8 Å². The van der Waals surface area contributed by atoms with Gasteiger partial charge in [-0.2, -0.15) is 0 Å². The van der Waals surface area contributed by atoms with Gasteiger partial charge >= 0.3 is 11.9 Å². The van der Waals surface area contributed by atoms with Gasteiger partial charge in [-0.3, -0.25) is 19.9 Å². The van der Waals surface area contributed by atoms with Crippen molar-refractivity contribution >= 4 is 34.6 Å². The highest BCUT2D eigenvalue weighted by molar-refractivity contribution is 7.99. The number of fused-ring (bicyclic) bond motifs is 11. The lowest BCUT2D eigenvalue weighted by Crippen LogP contribution is -2.70. The molecule has 4 aromatic rings. The van der Waals surface area contributed by atoms with Crippen LogP contribution in [0.3, 0.4) is 0 Å². The fourth-order valence-electron chi connectivity index (χ4n) is 10.6. The van der Waals surface area contributed by atoms with Crippen LogP contribution in [0.15, 0.2) is 24.3 Å². The zero-order valence-electron chi connectivity index (χ0n) is 32.0. The van der Waals surface area contributed by atoms with E-state index in [-0.39, 0.29) is 30.9 Å². The first kappa shape index (κ1) is 35.7. The number of aromatic amines is 1. The smallest absolute Gasteiger partial charge is 0.333 e. The van der Waals surface area contributed by atoms with Gasteiger partial charge in [0, 0.05) is 58.4 Å². The molecule has 8 heterocycles. The molecule has 56 heavy (non-hydrogen) atoms. The molecule has 1 spiro atoms. The summed E-state index contributed by atoms with van der Waals surface area (Å²) < 4.78 is 36.2. The maximum absolute atomic E-state index is 14.9. The number of thioether (sulfide) groups is 1. The molecule has 14 nitrogen and oxygen atoms in total. The van der Waals surface area contributed by atoms with Gasteiger partial charge in [-0.05, 0) is 68.6 Å². The molecule has 7 aliphatic rings. The molecule has 7 atom stereocenters. The van der Waals surface area contributed by atoms with Gasteiger partial charge in [-0.15, -0.1) is 11.8 Å². The number of piperazine rings is 1. The number of hydrogen-bond donors (Lipinski definition) is 4. The van der Waals surface area contributed by atoms with E-state index in [4.69, 9.17) is 28.4 Å². The molecule has 2 saturated heterocycles. The maximum Gasteiger partial charge on any atom is 0.333 e. The first-order chi connectivity index (χ1) is 27.0. The van der Waals surface area contributed by atoms with Gasteiger partial charge in [0.05, 0.1) is 43.3 Å². The van der Waals surface area contributed by atoms with Gasteiger partial charge in [0.2, 0.25) is 6.79 Å².